The lowest BCUT2D eigenvalue weighted by atomic mass is 9.91. The van der Waals surface area contributed by atoms with Crippen LogP contribution in [0, 0.1) is 13.8 Å². The number of anilines is 1. The number of aryl methyl sites for hydroxylation is 2. The van der Waals surface area contributed by atoms with Crippen LogP contribution in [0.15, 0.2) is 66.5 Å². The molecule has 1 aliphatic heterocycles. The van der Waals surface area contributed by atoms with Gasteiger partial charge in [0, 0.05) is 23.6 Å². The van der Waals surface area contributed by atoms with Crippen molar-refractivity contribution < 1.29 is 19.4 Å². The number of nitrogens with zero attached hydrogens (tertiary/aromatic N) is 2. The highest BCUT2D eigenvalue weighted by Gasteiger charge is 2.47. The van der Waals surface area contributed by atoms with Crippen molar-refractivity contribution in [2.75, 3.05) is 12.0 Å². The maximum atomic E-state index is 13.4. The van der Waals surface area contributed by atoms with Crippen LogP contribution in [-0.2, 0) is 9.59 Å². The molecule has 0 radical (unpaired) electrons. The van der Waals surface area contributed by atoms with Crippen molar-refractivity contribution in [1.82, 2.24) is 4.98 Å². The second kappa shape index (κ2) is 9.14. The number of aromatic nitrogens is 1. The van der Waals surface area contributed by atoms with Gasteiger partial charge in [-0.15, -0.1) is 0 Å². The van der Waals surface area contributed by atoms with Crippen LogP contribution in [0.3, 0.4) is 0 Å². The van der Waals surface area contributed by atoms with E-state index in [1.54, 1.807) is 43.8 Å². The zero-order valence-corrected chi connectivity index (χ0v) is 20.0. The molecular weight excluding hydrogens is 428 g/mol. The molecule has 1 saturated heterocycles. The number of pyridine rings is 1. The van der Waals surface area contributed by atoms with Crippen LogP contribution in [0.5, 0.6) is 5.75 Å². The molecule has 0 aliphatic carbocycles. The van der Waals surface area contributed by atoms with E-state index in [1.165, 1.54) is 4.90 Å². The second-order valence-corrected chi connectivity index (χ2v) is 8.85. The molecule has 6 heteroatoms. The molecule has 174 valence electrons. The number of rotatable bonds is 5. The number of hydrogen-bond donors (Lipinski definition) is 1. The first kappa shape index (κ1) is 23.2. The molecule has 6 nitrogen and oxygen atoms in total. The van der Waals surface area contributed by atoms with E-state index in [1.807, 2.05) is 52.0 Å². The summed E-state index contributed by atoms with van der Waals surface area (Å²) in [4.78, 5) is 32.3. The first-order chi connectivity index (χ1) is 16.2. The summed E-state index contributed by atoms with van der Waals surface area (Å²) in [5, 5.41) is 11.5. The lowest BCUT2D eigenvalue weighted by Gasteiger charge is -2.25. The molecular formula is C28H28N2O4. The van der Waals surface area contributed by atoms with Crippen molar-refractivity contribution in [3.8, 4) is 5.75 Å². The monoisotopic (exact) mass is 456 g/mol. The van der Waals surface area contributed by atoms with Gasteiger partial charge in [-0.2, -0.15) is 0 Å². The first-order valence-electron chi connectivity index (χ1n) is 11.2. The fraction of sp³-hybridized carbons (Fsp3) is 0.250. The van der Waals surface area contributed by atoms with Gasteiger partial charge in [0.15, 0.2) is 0 Å². The number of benzene rings is 2. The average Bonchev–Trinajstić information content (AvgIpc) is 3.09. The van der Waals surface area contributed by atoms with Crippen LogP contribution in [0.1, 0.15) is 53.6 Å². The Labute approximate surface area is 199 Å². The van der Waals surface area contributed by atoms with Crippen LogP contribution in [0.25, 0.3) is 5.76 Å². The smallest absolute Gasteiger partial charge is 0.300 e. The SMILES string of the molecule is COc1cc(C)c(/C(O)=C2\C(=O)C(=O)N(c3ccc(C)cc3)C2c2cccnc2)cc1C(C)C. The largest absolute Gasteiger partial charge is 0.507 e. The van der Waals surface area contributed by atoms with E-state index in [-0.39, 0.29) is 17.3 Å². The van der Waals surface area contributed by atoms with Crippen LogP contribution < -0.4 is 9.64 Å². The van der Waals surface area contributed by atoms with Gasteiger partial charge in [0.25, 0.3) is 11.7 Å². The summed E-state index contributed by atoms with van der Waals surface area (Å²) < 4.78 is 5.53. The Morgan fingerprint density at radius 1 is 1.09 bits per heavy atom. The maximum Gasteiger partial charge on any atom is 0.300 e. The van der Waals surface area contributed by atoms with Gasteiger partial charge in [-0.25, -0.2) is 0 Å². The maximum absolute atomic E-state index is 13.4. The highest BCUT2D eigenvalue weighted by atomic mass is 16.5. The number of aliphatic hydroxyl groups is 1. The quantitative estimate of drug-likeness (QED) is 0.313. The zero-order valence-electron chi connectivity index (χ0n) is 20.0. The van der Waals surface area contributed by atoms with Crippen molar-refractivity contribution in [3.63, 3.8) is 0 Å². The Morgan fingerprint density at radius 3 is 2.38 bits per heavy atom. The predicted molar refractivity (Wildman–Crippen MR) is 132 cm³/mol. The Kier molecular flexibility index (Phi) is 6.24. The summed E-state index contributed by atoms with van der Waals surface area (Å²) in [6, 6.07) is 13.8. The van der Waals surface area contributed by atoms with Gasteiger partial charge < -0.3 is 9.84 Å². The number of amides is 1. The second-order valence-electron chi connectivity index (χ2n) is 8.85. The van der Waals surface area contributed by atoms with Crippen molar-refractivity contribution in [1.29, 1.82) is 0 Å². The third-order valence-corrected chi connectivity index (χ3v) is 6.21. The number of hydrogen-bond acceptors (Lipinski definition) is 5. The fourth-order valence-corrected chi connectivity index (χ4v) is 4.38. The highest BCUT2D eigenvalue weighted by molar-refractivity contribution is 6.51. The van der Waals surface area contributed by atoms with E-state index < -0.39 is 17.7 Å². The Morgan fingerprint density at radius 2 is 1.79 bits per heavy atom. The Bertz CT molecular complexity index is 1280. The van der Waals surface area contributed by atoms with E-state index in [4.69, 9.17) is 4.74 Å². The molecule has 4 rings (SSSR count). The highest BCUT2D eigenvalue weighted by Crippen LogP contribution is 2.43. The fourth-order valence-electron chi connectivity index (χ4n) is 4.38. The molecule has 0 bridgehead atoms. The molecule has 1 aromatic heterocycles. The van der Waals surface area contributed by atoms with Gasteiger partial charge in [0.1, 0.15) is 11.5 Å². The van der Waals surface area contributed by atoms with Crippen molar-refractivity contribution in [2.45, 2.75) is 39.7 Å². The molecule has 1 N–H and O–H groups in total. The molecule has 0 saturated carbocycles. The summed E-state index contributed by atoms with van der Waals surface area (Å²) in [5.41, 5.74) is 4.44. The lowest BCUT2D eigenvalue weighted by molar-refractivity contribution is -0.132. The zero-order chi connectivity index (χ0) is 24.6. The van der Waals surface area contributed by atoms with E-state index in [9.17, 15) is 14.7 Å². The summed E-state index contributed by atoms with van der Waals surface area (Å²) in [7, 11) is 1.61. The first-order valence-corrected chi connectivity index (χ1v) is 11.2. The number of carbonyl (C=O) groups is 2. The Hall–Kier alpha value is -3.93. The summed E-state index contributed by atoms with van der Waals surface area (Å²) in [5.74, 6) is -0.772. The van der Waals surface area contributed by atoms with E-state index in [0.717, 1.165) is 16.7 Å². The third-order valence-electron chi connectivity index (χ3n) is 6.21. The standard InChI is InChI=1S/C28H28N2O4/c1-16(2)21-14-22(18(4)13-23(21)34-5)26(31)24-25(19-7-6-12-29-15-19)30(28(33)27(24)32)20-10-8-17(3)9-11-20/h6-16,25,31H,1-5H3/b26-24+. The number of carbonyl (C=O) groups excluding carboxylic acids is 2. The molecule has 2 heterocycles. The van der Waals surface area contributed by atoms with Gasteiger partial charge in [-0.1, -0.05) is 37.6 Å². The molecule has 2 aromatic carbocycles. The Balaban J connectivity index is 1.97. The molecule has 0 spiro atoms. The summed E-state index contributed by atoms with van der Waals surface area (Å²) in [6.45, 7) is 7.86. The number of methoxy groups -OCH3 is 1. The van der Waals surface area contributed by atoms with E-state index in [2.05, 4.69) is 4.98 Å². The van der Waals surface area contributed by atoms with Crippen molar-refractivity contribution in [2.24, 2.45) is 0 Å². The molecule has 1 unspecified atom stereocenters. The molecule has 3 aromatic rings. The molecule has 1 atom stereocenters. The minimum atomic E-state index is -0.805. The molecule has 1 amide bonds. The summed E-state index contributed by atoms with van der Waals surface area (Å²) in [6.07, 6.45) is 3.25. The van der Waals surface area contributed by atoms with E-state index in [0.29, 0.717) is 22.6 Å². The predicted octanol–water partition coefficient (Wildman–Crippen LogP) is 5.46. The topological polar surface area (TPSA) is 79.7 Å². The van der Waals surface area contributed by atoms with Crippen LogP contribution in [-0.4, -0.2) is 28.9 Å². The number of ether oxygens (including phenoxy) is 1. The number of aliphatic hydroxyl groups excluding tert-OH is 1. The van der Waals surface area contributed by atoms with Gasteiger partial charge in [-0.05, 0) is 66.8 Å². The average molecular weight is 457 g/mol. The molecule has 34 heavy (non-hydrogen) atoms. The minimum absolute atomic E-state index is 0.0431. The van der Waals surface area contributed by atoms with Crippen LogP contribution >= 0.6 is 0 Å². The van der Waals surface area contributed by atoms with Gasteiger partial charge in [0.05, 0.1) is 18.7 Å². The van der Waals surface area contributed by atoms with Crippen molar-refractivity contribution in [3.05, 3.63) is 94.3 Å². The number of ketones is 1. The van der Waals surface area contributed by atoms with Gasteiger partial charge in [-0.3, -0.25) is 19.5 Å². The van der Waals surface area contributed by atoms with E-state index >= 15 is 0 Å². The summed E-state index contributed by atoms with van der Waals surface area (Å²) >= 11 is 0. The normalized spacial score (nSPS) is 17.5. The lowest BCUT2D eigenvalue weighted by Crippen LogP contribution is -2.29. The van der Waals surface area contributed by atoms with Crippen LogP contribution in [0.2, 0.25) is 0 Å². The minimum Gasteiger partial charge on any atom is -0.507 e. The molecule has 1 aliphatic rings. The third kappa shape index (κ3) is 3.96. The van der Waals surface area contributed by atoms with Gasteiger partial charge in [0.2, 0.25) is 0 Å². The number of Topliss-reactive ketones (excluding diaryl/α,β-unsaturated/α-hetero) is 1. The molecule has 1 fully saturated rings. The van der Waals surface area contributed by atoms with Crippen molar-refractivity contribution >= 4 is 23.1 Å². The van der Waals surface area contributed by atoms with Gasteiger partial charge >= 0.3 is 0 Å². The van der Waals surface area contributed by atoms with Crippen LogP contribution in [0.4, 0.5) is 5.69 Å².